The summed E-state index contributed by atoms with van der Waals surface area (Å²) in [4.78, 5) is 0. The SMILES string of the molecule is CC(C)(O)[C@@H]1CC[C@](C)([C@H]2[C@@H](O)C[C@@]3(C)C4C[C@H](O)C5C(C)(C)[C@@H](O)CC[C@]5(C)C4=C[C@@H](O)[C@]23C)O1. The first-order valence-corrected chi connectivity index (χ1v) is 14.2. The third-order valence-electron chi connectivity index (χ3n) is 12.6. The Kier molecular flexibility index (Phi) is 5.86. The number of ether oxygens (including phenoxy) is 1. The highest BCUT2D eigenvalue weighted by Gasteiger charge is 2.73. The fourth-order valence-corrected chi connectivity index (χ4v) is 10.6. The number of fused-ring (bicyclic) bond motifs is 5. The predicted octanol–water partition coefficient (Wildman–Crippen LogP) is 3.57. The molecule has 0 aromatic carbocycles. The van der Waals surface area contributed by atoms with Gasteiger partial charge in [0.05, 0.1) is 41.7 Å². The van der Waals surface area contributed by atoms with E-state index in [1.807, 2.05) is 6.92 Å². The molecule has 6 nitrogen and oxygen atoms in total. The van der Waals surface area contributed by atoms with Gasteiger partial charge >= 0.3 is 0 Å². The smallest absolute Gasteiger partial charge is 0.0865 e. The van der Waals surface area contributed by atoms with Crippen LogP contribution >= 0.6 is 0 Å². The molecule has 12 atom stereocenters. The van der Waals surface area contributed by atoms with Crippen molar-refractivity contribution in [1.82, 2.24) is 0 Å². The second-order valence-corrected chi connectivity index (χ2v) is 15.3. The molecule has 0 spiro atoms. The van der Waals surface area contributed by atoms with E-state index in [-0.39, 0.29) is 29.3 Å². The van der Waals surface area contributed by atoms with Gasteiger partial charge in [0.15, 0.2) is 0 Å². The van der Waals surface area contributed by atoms with Gasteiger partial charge in [0, 0.05) is 17.3 Å². The molecule has 4 fully saturated rings. The first kappa shape index (κ1) is 27.1. The van der Waals surface area contributed by atoms with Crippen LogP contribution in [0.5, 0.6) is 0 Å². The largest absolute Gasteiger partial charge is 0.393 e. The molecule has 6 heteroatoms. The van der Waals surface area contributed by atoms with Gasteiger partial charge in [0.2, 0.25) is 0 Å². The Hall–Kier alpha value is -0.500. The van der Waals surface area contributed by atoms with Crippen molar-refractivity contribution in [2.24, 2.45) is 39.4 Å². The summed E-state index contributed by atoms with van der Waals surface area (Å²) >= 11 is 0. The molecule has 0 amide bonds. The highest BCUT2D eigenvalue weighted by atomic mass is 16.5. The second-order valence-electron chi connectivity index (χ2n) is 15.3. The van der Waals surface area contributed by atoms with Crippen molar-refractivity contribution in [3.05, 3.63) is 11.6 Å². The van der Waals surface area contributed by atoms with E-state index in [0.29, 0.717) is 25.7 Å². The van der Waals surface area contributed by atoms with Crippen molar-refractivity contribution in [2.75, 3.05) is 0 Å². The maximum atomic E-state index is 12.0. The van der Waals surface area contributed by atoms with Gasteiger partial charge in [-0.15, -0.1) is 0 Å². The van der Waals surface area contributed by atoms with Crippen LogP contribution in [-0.2, 0) is 4.74 Å². The summed E-state index contributed by atoms with van der Waals surface area (Å²) in [5.74, 6) is -0.368. The number of hydrogen-bond donors (Lipinski definition) is 5. The maximum Gasteiger partial charge on any atom is 0.0865 e. The van der Waals surface area contributed by atoms with Gasteiger partial charge in [0.25, 0.3) is 0 Å². The topological polar surface area (TPSA) is 110 Å². The monoisotopic (exact) mass is 506 g/mol. The van der Waals surface area contributed by atoms with Crippen LogP contribution in [0.2, 0.25) is 0 Å². The lowest BCUT2D eigenvalue weighted by Crippen LogP contribution is -2.65. The molecule has 2 unspecified atom stereocenters. The lowest BCUT2D eigenvalue weighted by molar-refractivity contribution is -0.201. The molecule has 5 rings (SSSR count). The zero-order valence-electron chi connectivity index (χ0n) is 23.6. The first-order chi connectivity index (χ1) is 16.3. The summed E-state index contributed by atoms with van der Waals surface area (Å²) in [6, 6.07) is 0. The molecular weight excluding hydrogens is 456 g/mol. The van der Waals surface area contributed by atoms with Gasteiger partial charge in [0.1, 0.15) is 0 Å². The summed E-state index contributed by atoms with van der Waals surface area (Å²) in [6.45, 7) is 16.3. The Morgan fingerprint density at radius 3 is 2.11 bits per heavy atom. The van der Waals surface area contributed by atoms with Crippen molar-refractivity contribution in [3.63, 3.8) is 0 Å². The Bertz CT molecular complexity index is 938. The molecule has 1 saturated heterocycles. The van der Waals surface area contributed by atoms with E-state index in [2.05, 4.69) is 40.7 Å². The Morgan fingerprint density at radius 2 is 1.53 bits per heavy atom. The van der Waals surface area contributed by atoms with Crippen LogP contribution in [-0.4, -0.2) is 67.3 Å². The molecule has 0 aromatic heterocycles. The van der Waals surface area contributed by atoms with Crippen molar-refractivity contribution in [1.29, 1.82) is 0 Å². The molecule has 0 bridgehead atoms. The summed E-state index contributed by atoms with van der Waals surface area (Å²) in [5, 5.41) is 56.8. The lowest BCUT2D eigenvalue weighted by Gasteiger charge is -2.66. The second kappa shape index (κ2) is 7.79. The number of hydrogen-bond acceptors (Lipinski definition) is 6. The maximum absolute atomic E-state index is 12.0. The van der Waals surface area contributed by atoms with Gasteiger partial charge in [-0.3, -0.25) is 0 Å². The molecular formula is C30H50O6. The molecule has 36 heavy (non-hydrogen) atoms. The van der Waals surface area contributed by atoms with Crippen LogP contribution < -0.4 is 0 Å². The van der Waals surface area contributed by atoms with Crippen LogP contribution in [0.4, 0.5) is 0 Å². The molecule has 1 aliphatic heterocycles. The number of aliphatic hydroxyl groups excluding tert-OH is 4. The minimum atomic E-state index is -0.973. The van der Waals surface area contributed by atoms with Crippen LogP contribution in [0.25, 0.3) is 0 Å². The van der Waals surface area contributed by atoms with Gasteiger partial charge in [-0.25, -0.2) is 0 Å². The number of rotatable bonds is 2. The Labute approximate surface area is 217 Å². The van der Waals surface area contributed by atoms with E-state index in [9.17, 15) is 25.5 Å². The minimum absolute atomic E-state index is 0.0305. The molecule has 0 radical (unpaired) electrons. The summed E-state index contributed by atoms with van der Waals surface area (Å²) in [6.07, 6.45) is 3.32. The molecule has 5 N–H and O–H groups in total. The van der Waals surface area contributed by atoms with Crippen LogP contribution in [0, 0.1) is 39.4 Å². The van der Waals surface area contributed by atoms with Crippen LogP contribution in [0.15, 0.2) is 11.6 Å². The third-order valence-corrected chi connectivity index (χ3v) is 12.6. The third kappa shape index (κ3) is 3.24. The molecule has 1 heterocycles. The standard InChI is InChI=1S/C30H50O6/c1-25(2)20(33)9-11-27(5)16-14-21(34)30(8)24(29(7)12-10-22(36-29)26(3,4)35)19(32)15-28(30,6)17(16)13-18(31)23(25)27/h14,17-24,31-35H,9-13,15H2,1-8H3/t17?,18-,19-,20-,21+,22-,23?,24+,27+,28-,29+,30+/m0/s1. The van der Waals surface area contributed by atoms with Crippen molar-refractivity contribution < 1.29 is 30.3 Å². The average molecular weight is 507 g/mol. The number of allylic oxidation sites excluding steroid dienone is 1. The van der Waals surface area contributed by atoms with Crippen LogP contribution in [0.1, 0.15) is 93.9 Å². The zero-order chi connectivity index (χ0) is 26.9. The van der Waals surface area contributed by atoms with Crippen molar-refractivity contribution in [2.45, 2.75) is 136 Å². The summed E-state index contributed by atoms with van der Waals surface area (Å²) in [7, 11) is 0. The normalized spacial score (nSPS) is 56.5. The lowest BCUT2D eigenvalue weighted by atomic mass is 9.40. The summed E-state index contributed by atoms with van der Waals surface area (Å²) < 4.78 is 6.56. The molecule has 3 saturated carbocycles. The van der Waals surface area contributed by atoms with E-state index in [4.69, 9.17) is 4.74 Å². The quantitative estimate of drug-likeness (QED) is 0.366. The van der Waals surface area contributed by atoms with E-state index in [0.717, 1.165) is 12.8 Å². The first-order valence-electron chi connectivity index (χ1n) is 14.2. The van der Waals surface area contributed by atoms with E-state index in [1.165, 1.54) is 5.57 Å². The van der Waals surface area contributed by atoms with Crippen LogP contribution in [0.3, 0.4) is 0 Å². The molecule has 0 aromatic rings. The minimum Gasteiger partial charge on any atom is -0.393 e. The molecule has 5 aliphatic rings. The van der Waals surface area contributed by atoms with Gasteiger partial charge in [-0.05, 0) is 81.5 Å². The zero-order valence-corrected chi connectivity index (χ0v) is 23.6. The van der Waals surface area contributed by atoms with E-state index < -0.39 is 51.9 Å². The van der Waals surface area contributed by atoms with Crippen molar-refractivity contribution in [3.8, 4) is 0 Å². The van der Waals surface area contributed by atoms with Crippen molar-refractivity contribution >= 4 is 0 Å². The fraction of sp³-hybridized carbons (Fsp3) is 0.933. The fourth-order valence-electron chi connectivity index (χ4n) is 10.6. The highest BCUT2D eigenvalue weighted by molar-refractivity contribution is 5.37. The Morgan fingerprint density at radius 1 is 0.889 bits per heavy atom. The predicted molar refractivity (Wildman–Crippen MR) is 138 cm³/mol. The molecule has 4 aliphatic carbocycles. The average Bonchev–Trinajstić information content (AvgIpc) is 3.23. The molecule has 206 valence electrons. The number of aliphatic hydroxyl groups is 5. The van der Waals surface area contributed by atoms with Gasteiger partial charge in [-0.2, -0.15) is 0 Å². The van der Waals surface area contributed by atoms with E-state index >= 15 is 0 Å². The summed E-state index contributed by atoms with van der Waals surface area (Å²) in [5.41, 5.74) is -2.27. The highest BCUT2D eigenvalue weighted by Crippen LogP contribution is 2.74. The Balaban J connectivity index is 1.59. The van der Waals surface area contributed by atoms with Gasteiger partial charge < -0.3 is 30.3 Å². The van der Waals surface area contributed by atoms with E-state index in [1.54, 1.807) is 13.8 Å². The van der Waals surface area contributed by atoms with Gasteiger partial charge in [-0.1, -0.05) is 46.3 Å².